The van der Waals surface area contributed by atoms with E-state index in [1.54, 1.807) is 30.3 Å². The molecule has 1 atom stereocenters. The van der Waals surface area contributed by atoms with Crippen molar-refractivity contribution in [1.82, 2.24) is 0 Å². The fourth-order valence-corrected chi connectivity index (χ4v) is 3.60. The molecule has 0 radical (unpaired) electrons. The van der Waals surface area contributed by atoms with Gasteiger partial charge in [-0.2, -0.15) is 0 Å². The molecule has 0 aliphatic carbocycles. The molecule has 0 fully saturated rings. The SMILES string of the molecule is C#CC(C)(CCCc1ccc(F)c(Nc2ccc(F)cc2)c1)c1ccc(Cl)c(Cl)c1. The first kappa shape index (κ1) is 22.2. The van der Waals surface area contributed by atoms with Crippen LogP contribution in [0.5, 0.6) is 0 Å². The standard InChI is InChI=1S/C25H21Cl2F2N/c1-3-25(2,18-7-12-21(26)22(27)16-18)14-4-5-17-6-13-23(29)24(15-17)30-20-10-8-19(28)9-11-20/h1,6-13,15-16,30H,4-5,14H2,2H3. The molecule has 0 aliphatic rings. The van der Waals surface area contributed by atoms with E-state index in [1.165, 1.54) is 18.2 Å². The maximum Gasteiger partial charge on any atom is 0.146 e. The van der Waals surface area contributed by atoms with Crippen molar-refractivity contribution in [2.75, 3.05) is 5.32 Å². The molecule has 3 aromatic carbocycles. The fraction of sp³-hybridized carbons (Fsp3) is 0.200. The summed E-state index contributed by atoms with van der Waals surface area (Å²) in [6, 6.07) is 16.2. The van der Waals surface area contributed by atoms with E-state index >= 15 is 0 Å². The van der Waals surface area contributed by atoms with Crippen LogP contribution in [0.4, 0.5) is 20.2 Å². The molecule has 30 heavy (non-hydrogen) atoms. The molecule has 1 N–H and O–H groups in total. The highest BCUT2D eigenvalue weighted by molar-refractivity contribution is 6.42. The summed E-state index contributed by atoms with van der Waals surface area (Å²) in [4.78, 5) is 0. The number of hydrogen-bond acceptors (Lipinski definition) is 1. The van der Waals surface area contributed by atoms with E-state index in [1.807, 2.05) is 19.1 Å². The zero-order chi connectivity index (χ0) is 21.7. The van der Waals surface area contributed by atoms with Crippen molar-refractivity contribution in [3.63, 3.8) is 0 Å². The second kappa shape index (κ2) is 9.51. The largest absolute Gasteiger partial charge is 0.353 e. The molecule has 0 spiro atoms. The summed E-state index contributed by atoms with van der Waals surface area (Å²) in [7, 11) is 0. The van der Waals surface area contributed by atoms with Gasteiger partial charge in [-0.3, -0.25) is 0 Å². The topological polar surface area (TPSA) is 12.0 Å². The minimum atomic E-state index is -0.483. The van der Waals surface area contributed by atoms with Crippen molar-refractivity contribution in [3.8, 4) is 12.3 Å². The van der Waals surface area contributed by atoms with E-state index in [2.05, 4.69) is 11.2 Å². The van der Waals surface area contributed by atoms with E-state index in [4.69, 9.17) is 29.6 Å². The summed E-state index contributed by atoms with van der Waals surface area (Å²) in [5.74, 6) is 2.17. The third-order valence-electron chi connectivity index (χ3n) is 5.17. The summed E-state index contributed by atoms with van der Waals surface area (Å²) in [6.07, 6.45) is 8.11. The van der Waals surface area contributed by atoms with Gasteiger partial charge in [0.1, 0.15) is 11.6 Å². The van der Waals surface area contributed by atoms with Gasteiger partial charge in [0.25, 0.3) is 0 Å². The molecule has 154 valence electrons. The Morgan fingerprint density at radius 1 is 0.967 bits per heavy atom. The zero-order valence-electron chi connectivity index (χ0n) is 16.5. The first-order valence-electron chi connectivity index (χ1n) is 9.55. The normalized spacial score (nSPS) is 12.8. The Bertz CT molecular complexity index is 1070. The molecule has 0 aliphatic heterocycles. The van der Waals surface area contributed by atoms with Gasteiger partial charge in [-0.1, -0.05) is 41.3 Å². The average Bonchev–Trinajstić information content (AvgIpc) is 2.73. The maximum absolute atomic E-state index is 14.2. The Morgan fingerprint density at radius 2 is 1.70 bits per heavy atom. The molecular formula is C25H21Cl2F2N. The Morgan fingerprint density at radius 3 is 2.37 bits per heavy atom. The van der Waals surface area contributed by atoms with Crippen LogP contribution in [0, 0.1) is 24.0 Å². The van der Waals surface area contributed by atoms with Crippen LogP contribution in [0.25, 0.3) is 0 Å². The molecule has 0 saturated carbocycles. The van der Waals surface area contributed by atoms with Crippen LogP contribution in [-0.4, -0.2) is 0 Å². The number of hydrogen-bond donors (Lipinski definition) is 1. The molecular weight excluding hydrogens is 423 g/mol. The molecule has 3 rings (SSSR count). The molecule has 0 heterocycles. The van der Waals surface area contributed by atoms with E-state index in [9.17, 15) is 8.78 Å². The lowest BCUT2D eigenvalue weighted by Gasteiger charge is -2.24. The van der Waals surface area contributed by atoms with Crippen LogP contribution >= 0.6 is 23.2 Å². The molecule has 0 amide bonds. The van der Waals surface area contributed by atoms with E-state index in [-0.39, 0.29) is 11.6 Å². The average molecular weight is 444 g/mol. The Balaban J connectivity index is 1.68. The number of benzene rings is 3. The van der Waals surface area contributed by atoms with E-state index < -0.39 is 5.41 Å². The Hall–Kier alpha value is -2.54. The smallest absolute Gasteiger partial charge is 0.146 e. The van der Waals surface area contributed by atoms with Crippen LogP contribution < -0.4 is 5.32 Å². The Labute approximate surface area is 186 Å². The predicted molar refractivity (Wildman–Crippen MR) is 122 cm³/mol. The highest BCUT2D eigenvalue weighted by atomic mass is 35.5. The summed E-state index contributed by atoms with van der Waals surface area (Å²) in [5, 5.41) is 3.96. The van der Waals surface area contributed by atoms with Crippen LogP contribution in [0.1, 0.15) is 30.9 Å². The minimum absolute atomic E-state index is 0.340. The Kier molecular flexibility index (Phi) is 7.02. The van der Waals surface area contributed by atoms with Crippen LogP contribution in [0.2, 0.25) is 10.0 Å². The molecule has 0 bridgehead atoms. The van der Waals surface area contributed by atoms with E-state index in [0.29, 0.717) is 21.4 Å². The van der Waals surface area contributed by atoms with E-state index in [0.717, 1.165) is 30.4 Å². The van der Waals surface area contributed by atoms with Gasteiger partial charge in [0.05, 0.1) is 21.1 Å². The number of anilines is 2. The molecule has 3 aromatic rings. The predicted octanol–water partition coefficient (Wildman–Crippen LogP) is 7.93. The van der Waals surface area contributed by atoms with Gasteiger partial charge >= 0.3 is 0 Å². The summed E-state index contributed by atoms with van der Waals surface area (Å²) in [6.45, 7) is 2.00. The van der Waals surface area contributed by atoms with Crippen molar-refractivity contribution < 1.29 is 8.78 Å². The fourth-order valence-electron chi connectivity index (χ4n) is 3.30. The van der Waals surface area contributed by atoms with Gasteiger partial charge in [-0.25, -0.2) is 8.78 Å². The molecule has 1 unspecified atom stereocenters. The number of nitrogens with one attached hydrogen (secondary N) is 1. The van der Waals surface area contributed by atoms with Crippen LogP contribution in [0.3, 0.4) is 0 Å². The van der Waals surface area contributed by atoms with Crippen molar-refractivity contribution >= 4 is 34.6 Å². The summed E-state index contributed by atoms with van der Waals surface area (Å²) < 4.78 is 27.3. The van der Waals surface area contributed by atoms with Crippen molar-refractivity contribution in [3.05, 3.63) is 93.5 Å². The molecule has 0 saturated heterocycles. The van der Waals surface area contributed by atoms with Gasteiger partial charge < -0.3 is 5.32 Å². The lowest BCUT2D eigenvalue weighted by atomic mass is 9.78. The number of halogens is 4. The quantitative estimate of drug-likeness (QED) is 0.365. The molecule has 5 heteroatoms. The second-order valence-electron chi connectivity index (χ2n) is 7.40. The first-order chi connectivity index (χ1) is 14.3. The van der Waals surface area contributed by atoms with Gasteiger partial charge in [-0.15, -0.1) is 6.42 Å². The summed E-state index contributed by atoms with van der Waals surface area (Å²) >= 11 is 12.2. The second-order valence-corrected chi connectivity index (χ2v) is 8.22. The first-order valence-corrected chi connectivity index (χ1v) is 10.3. The monoisotopic (exact) mass is 443 g/mol. The number of terminal acetylenes is 1. The van der Waals surface area contributed by atoms with Gasteiger partial charge in [-0.05, 0) is 85.8 Å². The van der Waals surface area contributed by atoms with Gasteiger partial charge in [0, 0.05) is 5.69 Å². The zero-order valence-corrected chi connectivity index (χ0v) is 18.0. The van der Waals surface area contributed by atoms with Crippen molar-refractivity contribution in [2.45, 2.75) is 31.6 Å². The lowest BCUT2D eigenvalue weighted by Crippen LogP contribution is -2.19. The van der Waals surface area contributed by atoms with Gasteiger partial charge in [0.15, 0.2) is 0 Å². The van der Waals surface area contributed by atoms with Crippen LogP contribution in [-0.2, 0) is 11.8 Å². The number of aryl methyl sites for hydroxylation is 1. The maximum atomic E-state index is 14.2. The third kappa shape index (κ3) is 5.33. The van der Waals surface area contributed by atoms with Crippen molar-refractivity contribution in [1.29, 1.82) is 0 Å². The van der Waals surface area contributed by atoms with Crippen LogP contribution in [0.15, 0.2) is 60.7 Å². The molecule has 0 aromatic heterocycles. The highest BCUT2D eigenvalue weighted by Crippen LogP contribution is 2.33. The van der Waals surface area contributed by atoms with Crippen molar-refractivity contribution in [2.24, 2.45) is 0 Å². The number of rotatable bonds is 7. The molecule has 1 nitrogen and oxygen atoms in total. The minimum Gasteiger partial charge on any atom is -0.353 e. The highest BCUT2D eigenvalue weighted by Gasteiger charge is 2.24. The third-order valence-corrected chi connectivity index (χ3v) is 5.91. The summed E-state index contributed by atoms with van der Waals surface area (Å²) in [5.41, 5.74) is 2.41. The van der Waals surface area contributed by atoms with Gasteiger partial charge in [0.2, 0.25) is 0 Å². The lowest BCUT2D eigenvalue weighted by molar-refractivity contribution is 0.533.